The number of hydrogen-bond donors (Lipinski definition) is 0. The van der Waals surface area contributed by atoms with Crippen LogP contribution in [0.15, 0.2) is 55.0 Å². The average Bonchev–Trinajstić information content (AvgIpc) is 3.41. The molecule has 2 fully saturated rings. The van der Waals surface area contributed by atoms with Crippen LogP contribution in [0.4, 0.5) is 0 Å². The molecule has 2 bridgehead atoms. The molecule has 0 aliphatic carbocycles. The van der Waals surface area contributed by atoms with Gasteiger partial charge in [-0.3, -0.25) is 19.6 Å². The number of aryl methyl sites for hydroxylation is 1. The van der Waals surface area contributed by atoms with Crippen LogP contribution in [0.2, 0.25) is 0 Å². The highest BCUT2D eigenvalue weighted by Crippen LogP contribution is 2.52. The fourth-order valence-electron chi connectivity index (χ4n) is 5.06. The molecule has 7 heteroatoms. The molecule has 0 radical (unpaired) electrons. The molecule has 3 aliphatic rings. The second-order valence-electron chi connectivity index (χ2n) is 8.79. The molecule has 1 aromatic heterocycles. The monoisotopic (exact) mass is 418 g/mol. The zero-order chi connectivity index (χ0) is 21.6. The second kappa shape index (κ2) is 7.57. The van der Waals surface area contributed by atoms with E-state index in [0.717, 1.165) is 6.42 Å². The summed E-state index contributed by atoms with van der Waals surface area (Å²) in [6, 6.07) is 8.38. The van der Waals surface area contributed by atoms with Gasteiger partial charge < -0.3 is 14.5 Å². The summed E-state index contributed by atoms with van der Waals surface area (Å²) < 4.78 is 6.24. The predicted molar refractivity (Wildman–Crippen MR) is 114 cm³/mol. The van der Waals surface area contributed by atoms with Crippen molar-refractivity contribution in [3.63, 3.8) is 0 Å². The number of amides is 2. The fraction of sp³-hybridized carbons (Fsp3) is 0.417. The molecule has 0 saturated carbocycles. The Kier molecular flexibility index (Phi) is 4.85. The molecule has 160 valence electrons. The van der Waals surface area contributed by atoms with Crippen LogP contribution in [-0.2, 0) is 27.3 Å². The van der Waals surface area contributed by atoms with Crippen LogP contribution >= 0.6 is 0 Å². The lowest BCUT2D eigenvalue weighted by atomic mass is 9.76. The number of carbonyl (C=O) groups excluding carboxylic acids is 2. The lowest BCUT2D eigenvalue weighted by Crippen LogP contribution is -2.44. The third-order valence-corrected chi connectivity index (χ3v) is 6.65. The molecule has 4 atom stereocenters. The summed E-state index contributed by atoms with van der Waals surface area (Å²) in [7, 11) is 1.74. The highest BCUT2D eigenvalue weighted by Gasteiger charge is 2.66. The molecule has 2 aromatic rings. The molecule has 2 amide bonds. The first-order valence-electron chi connectivity index (χ1n) is 10.7. The molecule has 2 saturated heterocycles. The molecule has 1 spiro atoms. The Morgan fingerprint density at radius 1 is 1.29 bits per heavy atom. The van der Waals surface area contributed by atoms with Gasteiger partial charge in [0.05, 0.1) is 42.9 Å². The van der Waals surface area contributed by atoms with Gasteiger partial charge in [0.25, 0.3) is 0 Å². The van der Waals surface area contributed by atoms with E-state index in [9.17, 15) is 9.59 Å². The Balaban J connectivity index is 1.30. The average molecular weight is 418 g/mol. The number of hydrogen-bond acceptors (Lipinski definition) is 5. The molecular weight excluding hydrogens is 392 g/mol. The van der Waals surface area contributed by atoms with E-state index in [1.54, 1.807) is 30.5 Å². The number of carbonyl (C=O) groups is 2. The number of aromatic nitrogens is 2. The number of fused-ring (bicyclic) bond motifs is 1. The van der Waals surface area contributed by atoms with Crippen molar-refractivity contribution in [2.75, 3.05) is 20.1 Å². The predicted octanol–water partition coefficient (Wildman–Crippen LogP) is 1.77. The maximum absolute atomic E-state index is 13.4. The topological polar surface area (TPSA) is 75.6 Å². The molecule has 3 aliphatic heterocycles. The first kappa shape index (κ1) is 19.9. The second-order valence-corrected chi connectivity index (χ2v) is 8.79. The smallest absolute Gasteiger partial charge is 0.230 e. The lowest BCUT2D eigenvalue weighted by molar-refractivity contribution is -0.142. The Morgan fingerprint density at radius 2 is 2.10 bits per heavy atom. The Bertz CT molecular complexity index is 1020. The molecular formula is C24H26N4O3. The van der Waals surface area contributed by atoms with Crippen molar-refractivity contribution in [3.05, 3.63) is 71.8 Å². The lowest BCUT2D eigenvalue weighted by Gasteiger charge is -2.27. The van der Waals surface area contributed by atoms with E-state index in [4.69, 9.17) is 4.74 Å². The van der Waals surface area contributed by atoms with Crippen LogP contribution < -0.4 is 0 Å². The van der Waals surface area contributed by atoms with Crippen LogP contribution in [0.1, 0.15) is 16.8 Å². The molecule has 5 rings (SSSR count). The quantitative estimate of drug-likeness (QED) is 0.669. The molecule has 31 heavy (non-hydrogen) atoms. The van der Waals surface area contributed by atoms with E-state index >= 15 is 0 Å². The fourth-order valence-corrected chi connectivity index (χ4v) is 5.06. The maximum atomic E-state index is 13.4. The zero-order valence-corrected chi connectivity index (χ0v) is 17.8. The Hall–Kier alpha value is -3.06. The van der Waals surface area contributed by atoms with Crippen molar-refractivity contribution in [2.45, 2.75) is 31.6 Å². The van der Waals surface area contributed by atoms with Crippen LogP contribution in [0.25, 0.3) is 0 Å². The molecule has 4 heterocycles. The van der Waals surface area contributed by atoms with Crippen LogP contribution in [0.5, 0.6) is 0 Å². The van der Waals surface area contributed by atoms with E-state index < -0.39 is 17.4 Å². The van der Waals surface area contributed by atoms with Crippen molar-refractivity contribution < 1.29 is 14.3 Å². The van der Waals surface area contributed by atoms with Crippen LogP contribution in [-0.4, -0.2) is 63.4 Å². The highest BCUT2D eigenvalue weighted by atomic mass is 16.5. The summed E-state index contributed by atoms with van der Waals surface area (Å²) in [5.74, 6) is -1.02. The van der Waals surface area contributed by atoms with E-state index in [0.29, 0.717) is 25.3 Å². The van der Waals surface area contributed by atoms with Gasteiger partial charge in [0.1, 0.15) is 5.60 Å². The molecule has 1 aromatic carbocycles. The van der Waals surface area contributed by atoms with Gasteiger partial charge in [0.15, 0.2) is 0 Å². The van der Waals surface area contributed by atoms with Crippen molar-refractivity contribution in [3.8, 4) is 0 Å². The highest BCUT2D eigenvalue weighted by molar-refractivity contribution is 5.93. The van der Waals surface area contributed by atoms with Gasteiger partial charge in [0, 0.05) is 26.0 Å². The Labute approximate surface area is 181 Å². The minimum absolute atomic E-state index is 0.0187. The summed E-state index contributed by atoms with van der Waals surface area (Å²) in [6.45, 7) is 3.54. The first-order valence-corrected chi connectivity index (χ1v) is 10.7. The van der Waals surface area contributed by atoms with E-state index in [1.165, 1.54) is 11.1 Å². The third-order valence-electron chi connectivity index (χ3n) is 6.65. The van der Waals surface area contributed by atoms with Crippen molar-refractivity contribution in [2.24, 2.45) is 11.8 Å². The number of ether oxygens (including phenoxy) is 1. The number of nitrogens with zero attached hydrogens (tertiary/aromatic N) is 4. The molecule has 7 nitrogen and oxygen atoms in total. The third kappa shape index (κ3) is 3.43. The van der Waals surface area contributed by atoms with E-state index in [1.807, 2.05) is 17.1 Å². The van der Waals surface area contributed by atoms with Gasteiger partial charge in [0.2, 0.25) is 11.8 Å². The van der Waals surface area contributed by atoms with E-state index in [-0.39, 0.29) is 17.9 Å². The standard InChI is InChI=1S/C24H26N4O3/c1-16-3-5-17(6-4-16)8-12-28-15-24-9-7-19(31-24)20(21(24)23(28)30)22(29)27(2)14-18-13-25-10-11-26-18/h3-7,9-11,13,19-21H,8,12,14-15H2,1-2H3/t19-,20+,21-,24-/m0/s1. The largest absolute Gasteiger partial charge is 0.360 e. The normalized spacial score (nSPS) is 28.3. The van der Waals surface area contributed by atoms with Crippen molar-refractivity contribution in [1.29, 1.82) is 0 Å². The molecule has 0 unspecified atom stereocenters. The van der Waals surface area contributed by atoms with Gasteiger partial charge >= 0.3 is 0 Å². The minimum Gasteiger partial charge on any atom is -0.360 e. The zero-order valence-electron chi connectivity index (χ0n) is 17.8. The van der Waals surface area contributed by atoms with Crippen LogP contribution in [0.3, 0.4) is 0 Å². The van der Waals surface area contributed by atoms with E-state index in [2.05, 4.69) is 41.2 Å². The number of benzene rings is 1. The molecule has 0 N–H and O–H groups in total. The first-order chi connectivity index (χ1) is 15.0. The van der Waals surface area contributed by atoms with Gasteiger partial charge in [-0.1, -0.05) is 42.0 Å². The number of rotatable bonds is 6. The summed E-state index contributed by atoms with van der Waals surface area (Å²) in [4.78, 5) is 38.5. The van der Waals surface area contributed by atoms with Gasteiger partial charge in [-0.25, -0.2) is 0 Å². The van der Waals surface area contributed by atoms with Crippen molar-refractivity contribution >= 4 is 11.8 Å². The minimum atomic E-state index is -0.678. The number of likely N-dealkylation sites (tertiary alicyclic amines) is 1. The van der Waals surface area contributed by atoms with Gasteiger partial charge in [-0.05, 0) is 18.9 Å². The Morgan fingerprint density at radius 3 is 2.84 bits per heavy atom. The van der Waals surface area contributed by atoms with Crippen molar-refractivity contribution in [1.82, 2.24) is 19.8 Å². The summed E-state index contributed by atoms with van der Waals surface area (Å²) in [5.41, 5.74) is 2.45. The summed E-state index contributed by atoms with van der Waals surface area (Å²) >= 11 is 0. The van der Waals surface area contributed by atoms with Gasteiger partial charge in [-0.2, -0.15) is 0 Å². The van der Waals surface area contributed by atoms with Crippen LogP contribution in [0, 0.1) is 18.8 Å². The maximum Gasteiger partial charge on any atom is 0.230 e. The summed E-state index contributed by atoms with van der Waals surface area (Å²) in [6.07, 6.45) is 9.25. The SMILES string of the molecule is Cc1ccc(CCN2C[C@]34C=C[C@H](O3)[C@@H](C(=O)N(C)Cc3cnccn3)[C@H]4C2=O)cc1. The van der Waals surface area contributed by atoms with Gasteiger partial charge in [-0.15, -0.1) is 0 Å². The summed E-state index contributed by atoms with van der Waals surface area (Å²) in [5, 5.41) is 0.